The predicted octanol–water partition coefficient (Wildman–Crippen LogP) is 4.19. The molecule has 4 aromatic rings. The summed E-state index contributed by atoms with van der Waals surface area (Å²) in [6.07, 6.45) is 2.82. The summed E-state index contributed by atoms with van der Waals surface area (Å²) in [5.74, 6) is 1.78. The van der Waals surface area contributed by atoms with Crippen LogP contribution in [0.25, 0.3) is 33.5 Å². The van der Waals surface area contributed by atoms with E-state index in [0.29, 0.717) is 22.8 Å². The quantitative estimate of drug-likeness (QED) is 0.562. The maximum Gasteiger partial charge on any atom is 0.153 e. The van der Waals surface area contributed by atoms with Crippen molar-refractivity contribution in [3.8, 4) is 22.6 Å². The second-order valence-corrected chi connectivity index (χ2v) is 6.12. The number of nitrogens with zero attached hydrogens (tertiary/aromatic N) is 2. The van der Waals surface area contributed by atoms with Gasteiger partial charge in [-0.05, 0) is 48.9 Å². The van der Waals surface area contributed by atoms with Gasteiger partial charge in [0.2, 0.25) is 0 Å². The minimum Gasteiger partial charge on any atom is -0.460 e. The molecule has 0 amide bonds. The Kier molecular flexibility index (Phi) is 3.97. The van der Waals surface area contributed by atoms with Crippen LogP contribution in [0.2, 0.25) is 0 Å². The highest BCUT2D eigenvalue weighted by molar-refractivity contribution is 5.88. The van der Waals surface area contributed by atoms with Gasteiger partial charge in [0.25, 0.3) is 0 Å². The molecule has 0 aliphatic rings. The lowest BCUT2D eigenvalue weighted by Gasteiger charge is -2.12. The average Bonchev–Trinajstić information content (AvgIpc) is 3.09. The first-order valence-electron chi connectivity index (χ1n) is 8.30. The number of hydrogen-bond donors (Lipinski definition) is 1. The van der Waals surface area contributed by atoms with Crippen molar-refractivity contribution in [1.82, 2.24) is 9.97 Å². The molecule has 0 bridgehead atoms. The lowest BCUT2D eigenvalue weighted by Crippen LogP contribution is -2.02. The largest absolute Gasteiger partial charge is 0.460 e. The van der Waals surface area contributed by atoms with Crippen LogP contribution in [0.4, 0.5) is 5.82 Å². The molecule has 0 unspecified atom stereocenters. The van der Waals surface area contributed by atoms with Gasteiger partial charge in [0.1, 0.15) is 23.6 Å². The smallest absolute Gasteiger partial charge is 0.153 e. The molecule has 1 aromatic carbocycles. The van der Waals surface area contributed by atoms with Gasteiger partial charge in [-0.15, -0.1) is 0 Å². The summed E-state index contributed by atoms with van der Waals surface area (Å²) in [5, 5.41) is 1.03. The minimum atomic E-state index is 0.221. The molecule has 0 aliphatic heterocycles. The summed E-state index contributed by atoms with van der Waals surface area (Å²) in [6, 6.07) is 15.6. The molecule has 0 saturated heterocycles. The fourth-order valence-corrected chi connectivity index (χ4v) is 3.04. The summed E-state index contributed by atoms with van der Waals surface area (Å²) < 4.78 is 5.77. The summed E-state index contributed by atoms with van der Waals surface area (Å²) in [7, 11) is 0. The third-order valence-corrected chi connectivity index (χ3v) is 4.33. The van der Waals surface area contributed by atoms with Crippen LogP contribution in [0.1, 0.15) is 11.3 Å². The van der Waals surface area contributed by atoms with E-state index in [1.807, 2.05) is 49.4 Å². The second kappa shape index (κ2) is 6.44. The molecule has 128 valence electrons. The number of rotatable bonds is 4. The van der Waals surface area contributed by atoms with Gasteiger partial charge in [-0.3, -0.25) is 4.98 Å². The van der Waals surface area contributed by atoms with Crippen LogP contribution >= 0.6 is 0 Å². The standard InChI is InChI=1S/C21H17N3O2/c1-13-4-7-19(26-13)20-17(12-16(8-10-25)21(22)24-20)14-5-6-18-15(11-14)3-2-9-23-18/h2-7,9-12H,8H2,1H3,(H2,22,24). The monoisotopic (exact) mass is 343 g/mol. The van der Waals surface area contributed by atoms with Gasteiger partial charge >= 0.3 is 0 Å². The molecular formula is C21H17N3O2. The van der Waals surface area contributed by atoms with Crippen molar-refractivity contribution in [2.24, 2.45) is 0 Å². The van der Waals surface area contributed by atoms with E-state index >= 15 is 0 Å². The van der Waals surface area contributed by atoms with Gasteiger partial charge in [0.15, 0.2) is 5.76 Å². The molecule has 5 nitrogen and oxygen atoms in total. The van der Waals surface area contributed by atoms with Crippen molar-refractivity contribution in [1.29, 1.82) is 0 Å². The zero-order chi connectivity index (χ0) is 18.1. The number of nitrogens with two attached hydrogens (primary N) is 1. The van der Waals surface area contributed by atoms with E-state index in [1.165, 1.54) is 0 Å². The van der Waals surface area contributed by atoms with Crippen molar-refractivity contribution in [2.45, 2.75) is 13.3 Å². The van der Waals surface area contributed by atoms with Gasteiger partial charge in [0.05, 0.1) is 5.52 Å². The number of aromatic nitrogens is 2. The number of aryl methyl sites for hydroxylation is 1. The molecule has 0 fully saturated rings. The predicted molar refractivity (Wildman–Crippen MR) is 102 cm³/mol. The van der Waals surface area contributed by atoms with Gasteiger partial charge in [-0.1, -0.05) is 12.1 Å². The van der Waals surface area contributed by atoms with E-state index in [-0.39, 0.29) is 6.42 Å². The number of aldehydes is 1. The maximum atomic E-state index is 11.0. The fourth-order valence-electron chi connectivity index (χ4n) is 3.04. The van der Waals surface area contributed by atoms with E-state index in [1.54, 1.807) is 6.20 Å². The number of carbonyl (C=O) groups is 1. The number of furan rings is 1. The van der Waals surface area contributed by atoms with Crippen LogP contribution < -0.4 is 5.73 Å². The van der Waals surface area contributed by atoms with Crippen LogP contribution in [0.15, 0.2) is 59.1 Å². The maximum absolute atomic E-state index is 11.0. The first-order valence-corrected chi connectivity index (χ1v) is 8.30. The Bertz CT molecular complexity index is 1120. The van der Waals surface area contributed by atoms with E-state index in [4.69, 9.17) is 10.2 Å². The third kappa shape index (κ3) is 2.84. The number of fused-ring (bicyclic) bond motifs is 1. The molecule has 26 heavy (non-hydrogen) atoms. The first kappa shape index (κ1) is 16.0. The molecule has 4 rings (SSSR count). The number of carbonyl (C=O) groups excluding carboxylic acids is 1. The number of pyridine rings is 2. The van der Waals surface area contributed by atoms with E-state index in [9.17, 15) is 4.79 Å². The zero-order valence-corrected chi connectivity index (χ0v) is 14.3. The molecule has 0 saturated carbocycles. The molecule has 5 heteroatoms. The van der Waals surface area contributed by atoms with E-state index < -0.39 is 0 Å². The van der Waals surface area contributed by atoms with E-state index in [0.717, 1.165) is 34.1 Å². The Balaban J connectivity index is 1.96. The third-order valence-electron chi connectivity index (χ3n) is 4.33. The fraction of sp³-hybridized carbons (Fsp3) is 0.0952. The molecule has 3 aromatic heterocycles. The topological polar surface area (TPSA) is 82.0 Å². The van der Waals surface area contributed by atoms with Crippen molar-refractivity contribution in [3.05, 3.63) is 66.1 Å². The highest BCUT2D eigenvalue weighted by Crippen LogP contribution is 2.35. The number of anilines is 1. The molecule has 0 aliphatic carbocycles. The van der Waals surface area contributed by atoms with Crippen molar-refractivity contribution in [3.63, 3.8) is 0 Å². The van der Waals surface area contributed by atoms with Crippen molar-refractivity contribution in [2.75, 3.05) is 5.73 Å². The first-order chi connectivity index (χ1) is 12.7. The SMILES string of the molecule is Cc1ccc(-c2nc(N)c(CC=O)cc2-c2ccc3ncccc3c2)o1. The number of hydrogen-bond acceptors (Lipinski definition) is 5. The highest BCUT2D eigenvalue weighted by Gasteiger charge is 2.16. The normalized spacial score (nSPS) is 11.0. The van der Waals surface area contributed by atoms with Gasteiger partial charge in [-0.2, -0.15) is 0 Å². The molecule has 2 N–H and O–H groups in total. The molecule has 0 radical (unpaired) electrons. The van der Waals surface area contributed by atoms with Crippen molar-refractivity contribution >= 4 is 23.0 Å². The Morgan fingerprint density at radius 2 is 2.04 bits per heavy atom. The average molecular weight is 343 g/mol. The van der Waals surface area contributed by atoms with E-state index in [2.05, 4.69) is 16.0 Å². The number of nitrogen functional groups attached to an aromatic ring is 1. The van der Waals surface area contributed by atoms with Crippen LogP contribution in [0, 0.1) is 6.92 Å². The Hall–Kier alpha value is -3.47. The number of benzene rings is 1. The highest BCUT2D eigenvalue weighted by atomic mass is 16.3. The summed E-state index contributed by atoms with van der Waals surface area (Å²) in [5.41, 5.74) is 10.2. The van der Waals surface area contributed by atoms with Crippen LogP contribution in [-0.2, 0) is 11.2 Å². The van der Waals surface area contributed by atoms with Crippen molar-refractivity contribution < 1.29 is 9.21 Å². The molecular weight excluding hydrogens is 326 g/mol. The lowest BCUT2D eigenvalue weighted by atomic mass is 9.98. The lowest BCUT2D eigenvalue weighted by molar-refractivity contribution is -0.107. The van der Waals surface area contributed by atoms with Gasteiger partial charge in [0, 0.05) is 29.1 Å². The van der Waals surface area contributed by atoms with Crippen LogP contribution in [-0.4, -0.2) is 16.3 Å². The molecule has 0 atom stereocenters. The van der Waals surface area contributed by atoms with Crippen LogP contribution in [0.5, 0.6) is 0 Å². The Labute approximate surface area is 150 Å². The second-order valence-electron chi connectivity index (χ2n) is 6.12. The summed E-state index contributed by atoms with van der Waals surface area (Å²) >= 11 is 0. The Morgan fingerprint density at radius 3 is 2.81 bits per heavy atom. The summed E-state index contributed by atoms with van der Waals surface area (Å²) in [6.45, 7) is 1.88. The molecule has 3 heterocycles. The van der Waals surface area contributed by atoms with Gasteiger partial charge < -0.3 is 14.9 Å². The Morgan fingerprint density at radius 1 is 1.15 bits per heavy atom. The minimum absolute atomic E-state index is 0.221. The van der Waals surface area contributed by atoms with Gasteiger partial charge in [-0.25, -0.2) is 4.98 Å². The molecule has 0 spiro atoms. The van der Waals surface area contributed by atoms with Crippen LogP contribution in [0.3, 0.4) is 0 Å². The summed E-state index contributed by atoms with van der Waals surface area (Å²) in [4.78, 5) is 19.9. The zero-order valence-electron chi connectivity index (χ0n) is 14.3.